The summed E-state index contributed by atoms with van der Waals surface area (Å²) in [6.45, 7) is 4.29. The minimum Gasteiger partial charge on any atom is -0.493 e. The van der Waals surface area contributed by atoms with Gasteiger partial charge < -0.3 is 19.8 Å². The number of anilines is 1. The van der Waals surface area contributed by atoms with E-state index in [0.29, 0.717) is 46.4 Å². The number of amides is 2. The van der Waals surface area contributed by atoms with Gasteiger partial charge in [0.15, 0.2) is 5.16 Å². The highest BCUT2D eigenvalue weighted by Gasteiger charge is 2.23. The molecule has 1 atom stereocenters. The summed E-state index contributed by atoms with van der Waals surface area (Å²) in [6.07, 6.45) is 0.705. The molecule has 0 saturated carbocycles. The fraction of sp³-hybridized carbons (Fsp3) is 0.231. The number of thioether (sulfide) groups is 1. The van der Waals surface area contributed by atoms with E-state index in [4.69, 9.17) is 9.15 Å². The molecule has 0 spiro atoms. The highest BCUT2D eigenvalue weighted by atomic mass is 32.2. The molecule has 2 N–H and O–H groups in total. The minimum atomic E-state index is -0.282. The molecule has 3 heterocycles. The predicted octanol–water partition coefficient (Wildman–Crippen LogP) is 4.82. The van der Waals surface area contributed by atoms with E-state index in [0.717, 1.165) is 16.9 Å². The summed E-state index contributed by atoms with van der Waals surface area (Å²) in [4.78, 5) is 34.6. The molecule has 2 amide bonds. The van der Waals surface area contributed by atoms with Gasteiger partial charge in [0.1, 0.15) is 17.3 Å². The molecule has 5 rings (SSSR count). The monoisotopic (exact) mass is 488 g/mol. The molecule has 0 fully saturated rings. The van der Waals surface area contributed by atoms with E-state index in [-0.39, 0.29) is 23.6 Å². The van der Waals surface area contributed by atoms with Gasteiger partial charge in [-0.05, 0) is 32.0 Å². The van der Waals surface area contributed by atoms with Gasteiger partial charge in [-0.15, -0.1) is 0 Å². The summed E-state index contributed by atoms with van der Waals surface area (Å²) in [7, 11) is 0. The molecule has 0 unspecified atom stereocenters. The maximum absolute atomic E-state index is 12.8. The molecule has 1 aliphatic rings. The summed E-state index contributed by atoms with van der Waals surface area (Å²) < 4.78 is 11.5. The van der Waals surface area contributed by atoms with Gasteiger partial charge >= 0.3 is 0 Å². The van der Waals surface area contributed by atoms with Crippen LogP contribution in [0.15, 0.2) is 64.2 Å². The SMILES string of the molecule is Cc1oc2nc(SCC(=O)N[C@H]3CCOc4ccccc43)nc(NC(=O)c3ccccc3)c2c1C. The van der Waals surface area contributed by atoms with Gasteiger partial charge in [-0.3, -0.25) is 9.59 Å². The summed E-state index contributed by atoms with van der Waals surface area (Å²) >= 11 is 1.19. The number of fused-ring (bicyclic) bond motifs is 2. The van der Waals surface area contributed by atoms with E-state index >= 15 is 0 Å². The number of nitrogens with one attached hydrogen (secondary N) is 2. The zero-order valence-electron chi connectivity index (χ0n) is 19.3. The standard InChI is InChI=1S/C26H24N4O4S/c1-15-16(2)34-25-22(15)23(28-24(32)17-8-4-3-5-9-17)29-26(30-25)35-14-21(31)27-19-12-13-33-20-11-7-6-10-18(19)20/h3-11,19H,12-14H2,1-2H3,(H,27,31)(H,28,29,30,32)/t19-/m0/s1. The molecule has 2 aromatic heterocycles. The molecule has 35 heavy (non-hydrogen) atoms. The van der Waals surface area contributed by atoms with Gasteiger partial charge in [0.05, 0.1) is 23.8 Å². The Hall–Kier alpha value is -3.85. The number of rotatable bonds is 6. The lowest BCUT2D eigenvalue weighted by molar-refractivity contribution is -0.119. The smallest absolute Gasteiger partial charge is 0.256 e. The topological polar surface area (TPSA) is 106 Å². The Morgan fingerprint density at radius 2 is 1.83 bits per heavy atom. The Morgan fingerprint density at radius 1 is 1.06 bits per heavy atom. The second-order valence-electron chi connectivity index (χ2n) is 8.22. The average Bonchev–Trinajstić information content (AvgIpc) is 3.16. The lowest BCUT2D eigenvalue weighted by atomic mass is 10.0. The van der Waals surface area contributed by atoms with Crippen molar-refractivity contribution >= 4 is 40.5 Å². The Morgan fingerprint density at radius 3 is 2.66 bits per heavy atom. The Bertz CT molecular complexity index is 1400. The molecule has 8 nitrogen and oxygen atoms in total. The van der Waals surface area contributed by atoms with Crippen molar-refractivity contribution in [2.24, 2.45) is 0 Å². The zero-order valence-corrected chi connectivity index (χ0v) is 20.1. The Labute approximate surface area is 206 Å². The van der Waals surface area contributed by atoms with Crippen LogP contribution >= 0.6 is 11.8 Å². The highest BCUT2D eigenvalue weighted by Crippen LogP contribution is 2.33. The van der Waals surface area contributed by atoms with E-state index in [1.54, 1.807) is 24.3 Å². The summed E-state index contributed by atoms with van der Waals surface area (Å²) in [5, 5.41) is 6.95. The molecule has 0 bridgehead atoms. The Kier molecular flexibility index (Phi) is 6.41. The number of aromatic nitrogens is 2. The first-order valence-corrected chi connectivity index (χ1v) is 12.3. The number of benzene rings is 2. The summed E-state index contributed by atoms with van der Waals surface area (Å²) in [5.74, 6) is 1.56. The number of furan rings is 1. The normalized spacial score (nSPS) is 14.7. The van der Waals surface area contributed by atoms with Crippen LogP contribution in [0.4, 0.5) is 5.82 Å². The van der Waals surface area contributed by atoms with E-state index in [9.17, 15) is 9.59 Å². The van der Waals surface area contributed by atoms with Crippen LogP contribution in [0.25, 0.3) is 11.1 Å². The zero-order chi connectivity index (χ0) is 24.4. The van der Waals surface area contributed by atoms with E-state index < -0.39 is 0 Å². The van der Waals surface area contributed by atoms with Crippen LogP contribution in [-0.2, 0) is 4.79 Å². The van der Waals surface area contributed by atoms with Crippen molar-refractivity contribution in [2.45, 2.75) is 31.5 Å². The van der Waals surface area contributed by atoms with Crippen LogP contribution in [0.5, 0.6) is 5.75 Å². The number of nitrogens with zero attached hydrogens (tertiary/aromatic N) is 2. The fourth-order valence-electron chi connectivity index (χ4n) is 4.01. The number of aryl methyl sites for hydroxylation is 2. The van der Waals surface area contributed by atoms with E-state index in [1.807, 2.05) is 44.2 Å². The van der Waals surface area contributed by atoms with Gasteiger partial charge in [-0.1, -0.05) is 48.2 Å². The molecule has 178 valence electrons. The van der Waals surface area contributed by atoms with Crippen LogP contribution in [-0.4, -0.2) is 34.1 Å². The first-order chi connectivity index (χ1) is 17.0. The van der Waals surface area contributed by atoms with Crippen LogP contribution in [0.3, 0.4) is 0 Å². The third-order valence-electron chi connectivity index (χ3n) is 5.90. The Balaban J connectivity index is 1.33. The second kappa shape index (κ2) is 9.79. The molecule has 4 aromatic rings. The van der Waals surface area contributed by atoms with Crippen LogP contribution in [0.2, 0.25) is 0 Å². The first-order valence-electron chi connectivity index (χ1n) is 11.3. The molecular formula is C26H24N4O4S. The third-order valence-corrected chi connectivity index (χ3v) is 6.75. The van der Waals surface area contributed by atoms with Gasteiger partial charge in [0.25, 0.3) is 5.91 Å². The molecule has 1 aliphatic heterocycles. The number of carbonyl (C=O) groups is 2. The van der Waals surface area contributed by atoms with Crippen molar-refractivity contribution in [2.75, 3.05) is 17.7 Å². The largest absolute Gasteiger partial charge is 0.493 e. The first kappa shape index (κ1) is 22.9. The second-order valence-corrected chi connectivity index (χ2v) is 9.16. The molecule has 0 radical (unpaired) electrons. The van der Waals surface area contributed by atoms with Crippen LogP contribution < -0.4 is 15.4 Å². The number of para-hydroxylation sites is 1. The van der Waals surface area contributed by atoms with Crippen molar-refractivity contribution in [3.05, 3.63) is 77.0 Å². The minimum absolute atomic E-state index is 0.104. The van der Waals surface area contributed by atoms with Crippen LogP contribution in [0, 0.1) is 13.8 Å². The number of hydrogen-bond acceptors (Lipinski definition) is 7. The van der Waals surface area contributed by atoms with Gasteiger partial charge in [0, 0.05) is 23.1 Å². The number of hydrogen-bond donors (Lipinski definition) is 2. The number of carbonyl (C=O) groups excluding carboxylic acids is 2. The summed E-state index contributed by atoms with van der Waals surface area (Å²) in [6, 6.07) is 16.5. The molecular weight excluding hydrogens is 464 g/mol. The predicted molar refractivity (Wildman–Crippen MR) is 134 cm³/mol. The highest BCUT2D eigenvalue weighted by molar-refractivity contribution is 7.99. The number of ether oxygens (including phenoxy) is 1. The molecule has 0 aliphatic carbocycles. The molecule has 0 saturated heterocycles. The van der Waals surface area contributed by atoms with E-state index in [2.05, 4.69) is 20.6 Å². The van der Waals surface area contributed by atoms with Crippen molar-refractivity contribution in [1.29, 1.82) is 0 Å². The van der Waals surface area contributed by atoms with Crippen molar-refractivity contribution in [3.8, 4) is 5.75 Å². The van der Waals surface area contributed by atoms with Crippen molar-refractivity contribution in [1.82, 2.24) is 15.3 Å². The molecule has 2 aromatic carbocycles. The summed E-state index contributed by atoms with van der Waals surface area (Å²) in [5.41, 5.74) is 2.72. The van der Waals surface area contributed by atoms with Crippen LogP contribution in [0.1, 0.15) is 39.7 Å². The maximum atomic E-state index is 12.8. The van der Waals surface area contributed by atoms with Gasteiger partial charge in [-0.25, -0.2) is 4.98 Å². The van der Waals surface area contributed by atoms with E-state index in [1.165, 1.54) is 11.8 Å². The quantitative estimate of drug-likeness (QED) is 0.296. The van der Waals surface area contributed by atoms with Crippen molar-refractivity contribution in [3.63, 3.8) is 0 Å². The maximum Gasteiger partial charge on any atom is 0.256 e. The fourth-order valence-corrected chi connectivity index (χ4v) is 4.66. The molecule has 9 heteroatoms. The van der Waals surface area contributed by atoms with Gasteiger partial charge in [-0.2, -0.15) is 4.98 Å². The third kappa shape index (κ3) is 4.85. The lowest BCUT2D eigenvalue weighted by Gasteiger charge is -2.26. The average molecular weight is 489 g/mol. The van der Waals surface area contributed by atoms with Gasteiger partial charge in [0.2, 0.25) is 11.6 Å². The van der Waals surface area contributed by atoms with Crippen molar-refractivity contribution < 1.29 is 18.7 Å². The lowest BCUT2D eigenvalue weighted by Crippen LogP contribution is -2.33.